The molecule has 0 saturated heterocycles. The molecule has 0 fully saturated rings. The highest BCUT2D eigenvalue weighted by molar-refractivity contribution is 8.25. The molecule has 4 heteroatoms. The molecule has 0 aliphatic carbocycles. The minimum atomic E-state index is -2.20. The molecule has 0 bridgehead atoms. The van der Waals surface area contributed by atoms with Crippen molar-refractivity contribution in [2.45, 2.75) is 13.8 Å². The fraction of sp³-hybridized carbons (Fsp3) is 0.0526. The Morgan fingerprint density at radius 2 is 0.810 bits per heavy atom. The van der Waals surface area contributed by atoms with Crippen LogP contribution in [0.4, 0.5) is 0 Å². The van der Waals surface area contributed by atoms with Gasteiger partial charge in [-0.15, -0.1) is 0 Å². The molecule has 42 heavy (non-hydrogen) atoms. The number of aromatic nitrogens is 2. The number of nitrogens with zero attached hydrogens (tertiary/aromatic N) is 2. The van der Waals surface area contributed by atoms with Crippen LogP contribution in [0.2, 0.25) is 0 Å². The summed E-state index contributed by atoms with van der Waals surface area (Å²) in [6.07, 6.45) is 0. The minimum absolute atomic E-state index is 0.929. The van der Waals surface area contributed by atoms with Crippen molar-refractivity contribution in [3.63, 3.8) is 0 Å². The van der Waals surface area contributed by atoms with Crippen LogP contribution in [0, 0.1) is 13.8 Å². The van der Waals surface area contributed by atoms with Crippen molar-refractivity contribution in [1.29, 1.82) is 0 Å². The van der Waals surface area contributed by atoms with Crippen LogP contribution in [0.15, 0.2) is 140 Å². The van der Waals surface area contributed by atoms with Crippen LogP contribution in [0.1, 0.15) is 11.1 Å². The van der Waals surface area contributed by atoms with Gasteiger partial charge in [0.1, 0.15) is 0 Å². The van der Waals surface area contributed by atoms with Gasteiger partial charge in [0.25, 0.3) is 0 Å². The summed E-state index contributed by atoms with van der Waals surface area (Å²) in [6, 6.07) is 46.6. The summed E-state index contributed by atoms with van der Waals surface area (Å²) >= 11 is 6.54. The fourth-order valence-corrected chi connectivity index (χ4v) is 9.53. The number of rotatable bonds is 5. The van der Waals surface area contributed by atoms with E-state index in [9.17, 15) is 0 Å². The second-order valence-corrected chi connectivity index (χ2v) is 15.0. The van der Waals surface area contributed by atoms with Crippen molar-refractivity contribution in [3.05, 3.63) is 151 Å². The van der Waals surface area contributed by atoms with E-state index in [2.05, 4.69) is 135 Å². The zero-order valence-electron chi connectivity index (χ0n) is 23.5. The second kappa shape index (κ2) is 10.8. The van der Waals surface area contributed by atoms with Crippen molar-refractivity contribution in [1.82, 2.24) is 9.97 Å². The Balaban J connectivity index is 1.36. The van der Waals surface area contributed by atoms with Crippen molar-refractivity contribution in [2.75, 3.05) is 0 Å². The molecule has 2 heterocycles. The van der Waals surface area contributed by atoms with E-state index in [1.165, 1.54) is 27.0 Å². The topological polar surface area (TPSA) is 25.8 Å². The molecule has 5 aromatic carbocycles. The highest BCUT2D eigenvalue weighted by Gasteiger charge is 2.24. The predicted octanol–water partition coefficient (Wildman–Crippen LogP) is 8.49. The van der Waals surface area contributed by atoms with Crippen molar-refractivity contribution >= 4 is 55.6 Å². The molecule has 0 radical (unpaired) electrons. The van der Waals surface area contributed by atoms with E-state index in [-0.39, 0.29) is 0 Å². The summed E-state index contributed by atoms with van der Waals surface area (Å²) in [6.45, 7) is 4.36. The van der Waals surface area contributed by atoms with Crippen LogP contribution in [0.5, 0.6) is 0 Å². The van der Waals surface area contributed by atoms with Gasteiger partial charge in [-0.1, -0.05) is 139 Å². The van der Waals surface area contributed by atoms with Crippen molar-refractivity contribution in [3.8, 4) is 22.5 Å². The molecule has 7 rings (SSSR count). The van der Waals surface area contributed by atoms with Gasteiger partial charge < -0.3 is 0 Å². The van der Waals surface area contributed by atoms with Crippen molar-refractivity contribution in [2.24, 2.45) is 0 Å². The molecule has 0 unspecified atom stereocenters. The predicted molar refractivity (Wildman–Crippen MR) is 183 cm³/mol. The molecule has 0 amide bonds. The lowest BCUT2D eigenvalue weighted by atomic mass is 9.97. The lowest BCUT2D eigenvalue weighted by Gasteiger charge is -2.24. The Kier molecular flexibility index (Phi) is 6.78. The van der Waals surface area contributed by atoms with Gasteiger partial charge in [-0.2, -0.15) is 0 Å². The normalized spacial score (nSPS) is 11.7. The summed E-state index contributed by atoms with van der Waals surface area (Å²) in [5, 5.41) is 5.85. The van der Waals surface area contributed by atoms with E-state index in [4.69, 9.17) is 21.8 Å². The first-order chi connectivity index (χ1) is 20.5. The molecule has 0 aliphatic heterocycles. The molecule has 0 spiro atoms. The molecule has 0 atom stereocenters. The molecule has 0 saturated carbocycles. The summed E-state index contributed by atoms with van der Waals surface area (Å²) in [7, 11) is 0. The van der Waals surface area contributed by atoms with Crippen LogP contribution in [0.3, 0.4) is 0 Å². The van der Waals surface area contributed by atoms with Crippen LogP contribution < -0.4 is 15.9 Å². The summed E-state index contributed by atoms with van der Waals surface area (Å²) < 4.78 is 0. The third kappa shape index (κ3) is 4.47. The largest absolute Gasteiger partial charge is 0.245 e. The first kappa shape index (κ1) is 26.5. The number of fused-ring (bicyclic) bond motifs is 3. The number of aryl methyl sites for hydroxylation is 2. The molecular formula is C38H29N2PS. The highest BCUT2D eigenvalue weighted by Crippen LogP contribution is 2.43. The first-order valence-corrected chi connectivity index (χ1v) is 16.9. The van der Waals surface area contributed by atoms with Gasteiger partial charge in [0.2, 0.25) is 0 Å². The van der Waals surface area contributed by atoms with Crippen LogP contribution >= 0.6 is 6.04 Å². The monoisotopic (exact) mass is 576 g/mol. The molecular weight excluding hydrogens is 547 g/mol. The maximum atomic E-state index is 6.54. The quantitative estimate of drug-likeness (QED) is 0.152. The Hall–Kier alpha value is -4.43. The lowest BCUT2D eigenvalue weighted by molar-refractivity contribution is 1.33. The minimum Gasteiger partial charge on any atom is -0.245 e. The molecule has 7 aromatic rings. The zero-order valence-corrected chi connectivity index (χ0v) is 25.2. The third-order valence-electron chi connectivity index (χ3n) is 8.22. The average molecular weight is 577 g/mol. The smallest absolute Gasteiger partial charge is 0.0975 e. The molecule has 0 N–H and O–H groups in total. The number of hydrogen-bond donors (Lipinski definition) is 0. The maximum absolute atomic E-state index is 6.54. The van der Waals surface area contributed by atoms with Gasteiger partial charge in [0.15, 0.2) is 0 Å². The lowest BCUT2D eigenvalue weighted by Crippen LogP contribution is -2.24. The van der Waals surface area contributed by atoms with Gasteiger partial charge in [0, 0.05) is 27.9 Å². The highest BCUT2D eigenvalue weighted by atomic mass is 32.4. The Morgan fingerprint density at radius 1 is 0.429 bits per heavy atom. The van der Waals surface area contributed by atoms with Crippen LogP contribution in [-0.2, 0) is 11.8 Å². The fourth-order valence-electron chi connectivity index (χ4n) is 5.78. The SMILES string of the molecule is Cc1c(C)c2ccc(-c3ccc(P(=S)(c4ccccc4)c4ccccc4)cc3)nc2c2nc(-c3ccccc3)ccc12. The molecule has 2 nitrogen and oxygen atoms in total. The standard InChI is InChI=1S/C38H29N2PS/c1-26-27(2)34-23-25-36(40-38(34)37-33(26)22-24-35(39-37)28-12-6-3-7-13-28)29-18-20-32(21-19-29)41(42,30-14-8-4-9-15-30)31-16-10-5-11-17-31/h3-25H,1-2H3. The molecule has 0 aliphatic rings. The van der Waals surface area contributed by atoms with E-state index in [1.807, 2.05) is 18.2 Å². The van der Waals surface area contributed by atoms with Gasteiger partial charge in [-0.05, 0) is 53.0 Å². The van der Waals surface area contributed by atoms with Crippen molar-refractivity contribution < 1.29 is 0 Å². The summed E-state index contributed by atoms with van der Waals surface area (Å²) in [4.78, 5) is 10.4. The van der Waals surface area contributed by atoms with E-state index < -0.39 is 6.04 Å². The van der Waals surface area contributed by atoms with Crippen LogP contribution in [0.25, 0.3) is 44.3 Å². The van der Waals surface area contributed by atoms with Gasteiger partial charge in [-0.3, -0.25) is 0 Å². The van der Waals surface area contributed by atoms with Crippen LogP contribution in [-0.4, -0.2) is 9.97 Å². The van der Waals surface area contributed by atoms with E-state index >= 15 is 0 Å². The molecule has 202 valence electrons. The Morgan fingerprint density at radius 3 is 1.26 bits per heavy atom. The number of pyridine rings is 2. The van der Waals surface area contributed by atoms with Gasteiger partial charge >= 0.3 is 0 Å². The number of hydrogen-bond acceptors (Lipinski definition) is 3. The average Bonchev–Trinajstić information content (AvgIpc) is 3.07. The maximum Gasteiger partial charge on any atom is 0.0975 e. The van der Waals surface area contributed by atoms with E-state index in [0.29, 0.717) is 0 Å². The third-order valence-corrected chi connectivity index (χ3v) is 13.2. The Labute approximate surface area is 251 Å². The van der Waals surface area contributed by atoms with Gasteiger partial charge in [0.05, 0.1) is 22.4 Å². The summed E-state index contributed by atoms with van der Waals surface area (Å²) in [5.41, 5.74) is 8.42. The number of benzene rings is 5. The second-order valence-electron chi connectivity index (χ2n) is 10.6. The first-order valence-electron chi connectivity index (χ1n) is 14.1. The van der Waals surface area contributed by atoms with E-state index in [1.54, 1.807) is 0 Å². The van der Waals surface area contributed by atoms with Gasteiger partial charge in [-0.25, -0.2) is 9.97 Å². The Bertz CT molecular complexity index is 2060. The summed E-state index contributed by atoms with van der Waals surface area (Å²) in [5.74, 6) is 0. The zero-order chi connectivity index (χ0) is 28.7. The van der Waals surface area contributed by atoms with E-state index in [0.717, 1.165) is 44.3 Å². The molecule has 2 aromatic heterocycles.